The molecule has 0 radical (unpaired) electrons. The summed E-state index contributed by atoms with van der Waals surface area (Å²) in [6, 6.07) is 3.22. The Balaban J connectivity index is 1.81. The van der Waals surface area contributed by atoms with Crippen molar-refractivity contribution in [2.24, 2.45) is 0 Å². The van der Waals surface area contributed by atoms with Crippen LogP contribution in [0.3, 0.4) is 0 Å². The summed E-state index contributed by atoms with van der Waals surface area (Å²) in [6.45, 7) is 2.54. The van der Waals surface area contributed by atoms with E-state index < -0.39 is 11.6 Å². The molecular weight excluding hydrogens is 276 g/mol. The van der Waals surface area contributed by atoms with Crippen molar-refractivity contribution >= 4 is 0 Å². The molecule has 0 bridgehead atoms. The second kappa shape index (κ2) is 5.89. The molecule has 0 saturated carbocycles. The third-order valence-electron chi connectivity index (χ3n) is 3.85. The van der Waals surface area contributed by atoms with Gasteiger partial charge in [-0.25, -0.2) is 13.5 Å². The number of rotatable bonds is 3. The lowest BCUT2D eigenvalue weighted by atomic mass is 10.1. The van der Waals surface area contributed by atoms with Gasteiger partial charge in [0.2, 0.25) is 0 Å². The number of halogens is 2. The molecule has 112 valence electrons. The Labute approximate surface area is 121 Å². The molecule has 1 aliphatic rings. The van der Waals surface area contributed by atoms with E-state index in [1.54, 1.807) is 17.8 Å². The maximum Gasteiger partial charge on any atom is 0.131 e. The number of nitrogens with zero attached hydrogens (tertiary/aromatic N) is 3. The van der Waals surface area contributed by atoms with Crippen LogP contribution in [0.5, 0.6) is 0 Å². The average Bonchev–Trinajstić information content (AvgIpc) is 2.97. The number of benzene rings is 1. The van der Waals surface area contributed by atoms with Gasteiger partial charge in [0.25, 0.3) is 0 Å². The molecule has 1 saturated heterocycles. The van der Waals surface area contributed by atoms with E-state index in [2.05, 4.69) is 10.3 Å². The first-order chi connectivity index (χ1) is 10.1. The van der Waals surface area contributed by atoms with Gasteiger partial charge in [-0.1, -0.05) is 11.3 Å². The van der Waals surface area contributed by atoms with Crippen LogP contribution in [0, 0.1) is 11.6 Å². The first-order valence-corrected chi connectivity index (χ1v) is 7.13. The van der Waals surface area contributed by atoms with Gasteiger partial charge >= 0.3 is 0 Å². The summed E-state index contributed by atoms with van der Waals surface area (Å²) >= 11 is 0. The molecule has 2 heterocycles. The van der Waals surface area contributed by atoms with Crippen LogP contribution in [-0.2, 0) is 4.74 Å². The van der Waals surface area contributed by atoms with Crippen LogP contribution in [0.2, 0.25) is 0 Å². The van der Waals surface area contributed by atoms with Gasteiger partial charge in [0, 0.05) is 18.2 Å². The Kier molecular flexibility index (Phi) is 3.96. The molecule has 0 spiro atoms. The van der Waals surface area contributed by atoms with E-state index in [4.69, 9.17) is 4.74 Å². The maximum atomic E-state index is 13.8. The third-order valence-corrected chi connectivity index (χ3v) is 3.85. The lowest BCUT2D eigenvalue weighted by Crippen LogP contribution is -2.12. The van der Waals surface area contributed by atoms with E-state index in [9.17, 15) is 8.78 Å². The SMILES string of the molecule is C[C@@H](c1ccc(F)cc1F)n1cc(C2CCCCO2)nn1. The van der Waals surface area contributed by atoms with Gasteiger partial charge in [-0.2, -0.15) is 0 Å². The topological polar surface area (TPSA) is 39.9 Å². The quantitative estimate of drug-likeness (QED) is 0.870. The Hall–Kier alpha value is -1.82. The van der Waals surface area contributed by atoms with Gasteiger partial charge in [-0.3, -0.25) is 0 Å². The monoisotopic (exact) mass is 293 g/mol. The van der Waals surface area contributed by atoms with Gasteiger partial charge in [0.05, 0.1) is 12.2 Å². The van der Waals surface area contributed by atoms with Crippen molar-refractivity contribution in [2.75, 3.05) is 6.61 Å². The number of aromatic nitrogens is 3. The Morgan fingerprint density at radius 2 is 2.19 bits per heavy atom. The van der Waals surface area contributed by atoms with Crippen LogP contribution >= 0.6 is 0 Å². The van der Waals surface area contributed by atoms with E-state index in [1.165, 1.54) is 12.1 Å². The van der Waals surface area contributed by atoms with Crippen molar-refractivity contribution in [1.82, 2.24) is 15.0 Å². The molecule has 6 heteroatoms. The minimum Gasteiger partial charge on any atom is -0.372 e. The van der Waals surface area contributed by atoms with Crippen molar-refractivity contribution in [3.8, 4) is 0 Å². The summed E-state index contributed by atoms with van der Waals surface area (Å²) in [5.41, 5.74) is 1.15. The van der Waals surface area contributed by atoms with Crippen molar-refractivity contribution in [2.45, 2.75) is 38.3 Å². The van der Waals surface area contributed by atoms with Gasteiger partial charge in [-0.15, -0.1) is 5.10 Å². The zero-order chi connectivity index (χ0) is 14.8. The van der Waals surface area contributed by atoms with Crippen molar-refractivity contribution in [1.29, 1.82) is 0 Å². The smallest absolute Gasteiger partial charge is 0.131 e. The normalized spacial score (nSPS) is 20.4. The Morgan fingerprint density at radius 3 is 2.90 bits per heavy atom. The van der Waals surface area contributed by atoms with Crippen LogP contribution in [0.4, 0.5) is 8.78 Å². The zero-order valence-electron chi connectivity index (χ0n) is 11.8. The van der Waals surface area contributed by atoms with Crippen LogP contribution in [0.1, 0.15) is 49.6 Å². The first kappa shape index (κ1) is 14.1. The minimum absolute atomic E-state index is 0.0298. The van der Waals surface area contributed by atoms with Gasteiger partial charge in [-0.05, 0) is 32.3 Å². The minimum atomic E-state index is -0.585. The standard InChI is InChI=1S/C15H17F2N3O/c1-10(12-6-5-11(16)8-13(12)17)20-9-14(18-19-20)15-4-2-3-7-21-15/h5-6,8-10,15H,2-4,7H2,1H3/t10-,15?/m0/s1. The highest BCUT2D eigenvalue weighted by molar-refractivity contribution is 5.22. The lowest BCUT2D eigenvalue weighted by Gasteiger charge is -2.20. The fourth-order valence-electron chi connectivity index (χ4n) is 2.58. The van der Waals surface area contributed by atoms with Crippen molar-refractivity contribution < 1.29 is 13.5 Å². The molecule has 1 unspecified atom stereocenters. The number of ether oxygens (including phenoxy) is 1. The molecule has 1 aliphatic heterocycles. The van der Waals surface area contributed by atoms with E-state index in [0.717, 1.165) is 37.6 Å². The fraction of sp³-hybridized carbons (Fsp3) is 0.467. The molecule has 0 amide bonds. The Morgan fingerprint density at radius 1 is 1.33 bits per heavy atom. The maximum absolute atomic E-state index is 13.8. The second-order valence-electron chi connectivity index (χ2n) is 5.32. The summed E-state index contributed by atoms with van der Waals surface area (Å²) < 4.78 is 34.0. The highest BCUT2D eigenvalue weighted by Gasteiger charge is 2.21. The number of hydrogen-bond donors (Lipinski definition) is 0. The first-order valence-electron chi connectivity index (χ1n) is 7.13. The molecule has 0 N–H and O–H groups in total. The van der Waals surface area contributed by atoms with E-state index >= 15 is 0 Å². The zero-order valence-corrected chi connectivity index (χ0v) is 11.8. The molecule has 2 aromatic rings. The molecule has 1 aromatic carbocycles. The summed E-state index contributed by atoms with van der Waals surface area (Å²) in [6.07, 6.45) is 4.86. The van der Waals surface area contributed by atoms with Gasteiger partial charge in [0.1, 0.15) is 23.4 Å². The molecule has 0 aliphatic carbocycles. The summed E-state index contributed by atoms with van der Waals surface area (Å²) in [5.74, 6) is -1.16. The molecule has 3 rings (SSSR count). The number of hydrogen-bond acceptors (Lipinski definition) is 3. The average molecular weight is 293 g/mol. The highest BCUT2D eigenvalue weighted by Crippen LogP contribution is 2.27. The highest BCUT2D eigenvalue weighted by atomic mass is 19.1. The van der Waals surface area contributed by atoms with Gasteiger partial charge < -0.3 is 4.74 Å². The van der Waals surface area contributed by atoms with Crippen molar-refractivity contribution in [3.63, 3.8) is 0 Å². The lowest BCUT2D eigenvalue weighted by molar-refractivity contribution is 0.0122. The fourth-order valence-corrected chi connectivity index (χ4v) is 2.58. The summed E-state index contributed by atoms with van der Waals surface area (Å²) in [7, 11) is 0. The largest absolute Gasteiger partial charge is 0.372 e. The summed E-state index contributed by atoms with van der Waals surface area (Å²) in [5, 5.41) is 8.18. The van der Waals surface area contributed by atoms with E-state index in [-0.39, 0.29) is 12.1 Å². The summed E-state index contributed by atoms with van der Waals surface area (Å²) in [4.78, 5) is 0. The predicted molar refractivity (Wildman–Crippen MR) is 72.7 cm³/mol. The third kappa shape index (κ3) is 2.95. The molecule has 1 fully saturated rings. The van der Waals surface area contributed by atoms with Crippen LogP contribution < -0.4 is 0 Å². The molecule has 4 nitrogen and oxygen atoms in total. The molecule has 21 heavy (non-hydrogen) atoms. The van der Waals surface area contributed by atoms with Crippen LogP contribution in [0.25, 0.3) is 0 Å². The molecule has 1 aromatic heterocycles. The van der Waals surface area contributed by atoms with Crippen LogP contribution in [0.15, 0.2) is 24.4 Å². The molecular formula is C15H17F2N3O. The second-order valence-corrected chi connectivity index (χ2v) is 5.32. The molecule has 2 atom stereocenters. The van der Waals surface area contributed by atoms with Crippen molar-refractivity contribution in [3.05, 3.63) is 47.3 Å². The van der Waals surface area contributed by atoms with Crippen LogP contribution in [-0.4, -0.2) is 21.6 Å². The Bertz CT molecular complexity index is 623. The predicted octanol–water partition coefficient (Wildman–Crippen LogP) is 3.41. The van der Waals surface area contributed by atoms with Gasteiger partial charge in [0.15, 0.2) is 0 Å². The van der Waals surface area contributed by atoms with E-state index in [0.29, 0.717) is 5.56 Å². The van der Waals surface area contributed by atoms with E-state index in [1.807, 2.05) is 0 Å².